The number of carbonyl (C=O) groups excluding carboxylic acids is 1. The van der Waals surface area contributed by atoms with Gasteiger partial charge in [-0.3, -0.25) is 4.79 Å². The lowest BCUT2D eigenvalue weighted by Crippen LogP contribution is -2.31. The van der Waals surface area contributed by atoms with Gasteiger partial charge in [-0.2, -0.15) is 0 Å². The maximum absolute atomic E-state index is 11.3. The number of hydrogen-bond donors (Lipinski definition) is 2. The largest absolute Gasteiger partial charge is 0.354 e. The minimum absolute atomic E-state index is 0. The smallest absolute Gasteiger partial charge is 0.220 e. The zero-order valence-electron chi connectivity index (χ0n) is 10.2. The lowest BCUT2D eigenvalue weighted by molar-refractivity contribution is -0.121. The van der Waals surface area contributed by atoms with Gasteiger partial charge in [0.15, 0.2) is 0 Å². The van der Waals surface area contributed by atoms with Crippen molar-refractivity contribution in [3.05, 3.63) is 48.6 Å². The second kappa shape index (κ2) is 11.1. The molecule has 0 heterocycles. The van der Waals surface area contributed by atoms with Crippen molar-refractivity contribution in [3.8, 4) is 0 Å². The van der Waals surface area contributed by atoms with Gasteiger partial charge in [0, 0.05) is 19.0 Å². The van der Waals surface area contributed by atoms with Gasteiger partial charge < -0.3 is 11.1 Å². The second-order valence-corrected chi connectivity index (χ2v) is 3.65. The highest BCUT2D eigenvalue weighted by molar-refractivity contribution is 5.85. The van der Waals surface area contributed by atoms with E-state index >= 15 is 0 Å². The van der Waals surface area contributed by atoms with E-state index in [4.69, 9.17) is 5.73 Å². The summed E-state index contributed by atoms with van der Waals surface area (Å²) >= 11 is 0. The van der Waals surface area contributed by atoms with E-state index in [1.807, 2.05) is 30.3 Å². The molecule has 1 aromatic rings. The Morgan fingerprint density at radius 3 is 2.50 bits per heavy atom. The summed E-state index contributed by atoms with van der Waals surface area (Å²) in [7, 11) is 0. The molecule has 18 heavy (non-hydrogen) atoms. The van der Waals surface area contributed by atoms with E-state index in [1.54, 1.807) is 6.08 Å². The van der Waals surface area contributed by atoms with Gasteiger partial charge in [0.2, 0.25) is 5.91 Å². The molecule has 1 atom stereocenters. The van der Waals surface area contributed by atoms with Crippen LogP contribution in [0.1, 0.15) is 24.4 Å². The predicted molar refractivity (Wildman–Crippen MR) is 80.3 cm³/mol. The molecule has 102 valence electrons. The van der Waals surface area contributed by atoms with Crippen LogP contribution >= 0.6 is 24.8 Å². The molecule has 5 heteroatoms. The van der Waals surface area contributed by atoms with E-state index in [9.17, 15) is 4.79 Å². The van der Waals surface area contributed by atoms with Gasteiger partial charge in [-0.15, -0.1) is 31.4 Å². The number of allylic oxidation sites excluding steroid dienone is 1. The number of nitrogens with one attached hydrogen (secondary N) is 1. The number of nitrogens with two attached hydrogens (primary N) is 1. The minimum Gasteiger partial charge on any atom is -0.354 e. The van der Waals surface area contributed by atoms with E-state index in [1.165, 1.54) is 0 Å². The summed E-state index contributed by atoms with van der Waals surface area (Å²) < 4.78 is 0. The van der Waals surface area contributed by atoms with E-state index in [0.717, 1.165) is 5.56 Å². The fourth-order valence-corrected chi connectivity index (χ4v) is 1.36. The number of carbonyl (C=O) groups is 1. The van der Waals surface area contributed by atoms with Crippen molar-refractivity contribution in [2.24, 2.45) is 5.73 Å². The van der Waals surface area contributed by atoms with Crippen LogP contribution in [0.4, 0.5) is 0 Å². The lowest BCUT2D eigenvalue weighted by atomic mass is 10.1. The Balaban J connectivity index is 0. The molecule has 3 N–H and O–H groups in total. The summed E-state index contributed by atoms with van der Waals surface area (Å²) in [6.07, 6.45) is 2.91. The number of benzene rings is 1. The molecule has 0 fully saturated rings. The molecule has 0 bridgehead atoms. The maximum atomic E-state index is 11.3. The maximum Gasteiger partial charge on any atom is 0.220 e. The fraction of sp³-hybridized carbons (Fsp3) is 0.308. The standard InChI is InChI=1S/C13H18N2O.2ClH/c1-2-3-9-13(16)15-10-12(14)11-7-5-4-6-8-11;;/h2,4-8,12H,1,3,9-10,14H2,(H,15,16);2*1H. The third-order valence-electron chi connectivity index (χ3n) is 2.32. The average molecular weight is 291 g/mol. The molecule has 0 aliphatic rings. The minimum atomic E-state index is -0.145. The van der Waals surface area contributed by atoms with Crippen LogP contribution in [-0.4, -0.2) is 12.5 Å². The number of amides is 1. The number of hydrogen-bond acceptors (Lipinski definition) is 2. The van der Waals surface area contributed by atoms with Crippen molar-refractivity contribution >= 4 is 30.7 Å². The van der Waals surface area contributed by atoms with Crippen LogP contribution in [0.5, 0.6) is 0 Å². The zero-order valence-corrected chi connectivity index (χ0v) is 11.8. The number of halogens is 2. The molecule has 0 radical (unpaired) electrons. The van der Waals surface area contributed by atoms with E-state index in [-0.39, 0.29) is 36.8 Å². The molecular formula is C13H20Cl2N2O. The summed E-state index contributed by atoms with van der Waals surface area (Å²) in [5.41, 5.74) is 6.97. The van der Waals surface area contributed by atoms with Gasteiger partial charge in [-0.1, -0.05) is 36.4 Å². The Morgan fingerprint density at radius 2 is 1.94 bits per heavy atom. The molecule has 0 aliphatic carbocycles. The topological polar surface area (TPSA) is 55.1 Å². The van der Waals surface area contributed by atoms with Crippen molar-refractivity contribution in [1.29, 1.82) is 0 Å². The first-order valence-corrected chi connectivity index (χ1v) is 5.42. The molecule has 0 aliphatic heterocycles. The van der Waals surface area contributed by atoms with Crippen LogP contribution in [-0.2, 0) is 4.79 Å². The zero-order chi connectivity index (χ0) is 11.8. The molecule has 3 nitrogen and oxygen atoms in total. The Hall–Kier alpha value is -1.03. The number of rotatable bonds is 6. The Morgan fingerprint density at radius 1 is 1.33 bits per heavy atom. The lowest BCUT2D eigenvalue weighted by Gasteiger charge is -2.12. The normalized spacial score (nSPS) is 10.5. The predicted octanol–water partition coefficient (Wildman–Crippen LogP) is 2.61. The highest BCUT2D eigenvalue weighted by Crippen LogP contribution is 2.07. The summed E-state index contributed by atoms with van der Waals surface area (Å²) in [6.45, 7) is 4.04. The van der Waals surface area contributed by atoms with E-state index < -0.39 is 0 Å². The van der Waals surface area contributed by atoms with Crippen LogP contribution in [0.15, 0.2) is 43.0 Å². The van der Waals surface area contributed by atoms with Gasteiger partial charge in [0.05, 0.1) is 0 Å². The SMILES string of the molecule is C=CCCC(=O)NCC(N)c1ccccc1.Cl.Cl. The van der Waals surface area contributed by atoms with Gasteiger partial charge >= 0.3 is 0 Å². The first kappa shape index (κ1) is 19.3. The van der Waals surface area contributed by atoms with Crippen LogP contribution in [0, 0.1) is 0 Å². The van der Waals surface area contributed by atoms with E-state index in [0.29, 0.717) is 19.4 Å². The van der Waals surface area contributed by atoms with Crippen molar-refractivity contribution < 1.29 is 4.79 Å². The van der Waals surface area contributed by atoms with Crippen LogP contribution in [0.3, 0.4) is 0 Å². The van der Waals surface area contributed by atoms with E-state index in [2.05, 4.69) is 11.9 Å². The summed E-state index contributed by atoms with van der Waals surface area (Å²) in [5, 5.41) is 2.80. The third kappa shape index (κ3) is 7.33. The highest BCUT2D eigenvalue weighted by atomic mass is 35.5. The molecule has 1 unspecified atom stereocenters. The first-order valence-electron chi connectivity index (χ1n) is 5.42. The van der Waals surface area contributed by atoms with Gasteiger partial charge in [-0.25, -0.2) is 0 Å². The fourth-order valence-electron chi connectivity index (χ4n) is 1.36. The molecule has 1 aromatic carbocycles. The quantitative estimate of drug-likeness (QED) is 0.792. The Kier molecular flexibility index (Phi) is 11.9. The molecule has 0 spiro atoms. The Labute approximate surface area is 121 Å². The molecule has 1 amide bonds. The third-order valence-corrected chi connectivity index (χ3v) is 2.32. The summed E-state index contributed by atoms with van der Waals surface area (Å²) in [5.74, 6) is 0.0197. The molecule has 1 rings (SSSR count). The van der Waals surface area contributed by atoms with Crippen molar-refractivity contribution in [2.75, 3.05) is 6.54 Å². The molecular weight excluding hydrogens is 271 g/mol. The summed E-state index contributed by atoms with van der Waals surface area (Å²) in [6, 6.07) is 9.59. The first-order chi connectivity index (χ1) is 7.74. The highest BCUT2D eigenvalue weighted by Gasteiger charge is 2.06. The molecule has 0 aromatic heterocycles. The van der Waals surface area contributed by atoms with Crippen LogP contribution in [0.2, 0.25) is 0 Å². The van der Waals surface area contributed by atoms with Gasteiger partial charge in [-0.05, 0) is 12.0 Å². The molecule has 0 saturated carbocycles. The van der Waals surface area contributed by atoms with Crippen molar-refractivity contribution in [2.45, 2.75) is 18.9 Å². The van der Waals surface area contributed by atoms with Crippen LogP contribution in [0.25, 0.3) is 0 Å². The summed E-state index contributed by atoms with van der Waals surface area (Å²) in [4.78, 5) is 11.3. The Bertz CT molecular complexity index is 344. The average Bonchev–Trinajstić information content (AvgIpc) is 2.34. The van der Waals surface area contributed by atoms with Gasteiger partial charge in [0.25, 0.3) is 0 Å². The van der Waals surface area contributed by atoms with Gasteiger partial charge in [0.1, 0.15) is 0 Å². The van der Waals surface area contributed by atoms with Crippen LogP contribution < -0.4 is 11.1 Å². The monoisotopic (exact) mass is 290 g/mol. The van der Waals surface area contributed by atoms with Crippen molar-refractivity contribution in [1.82, 2.24) is 5.32 Å². The van der Waals surface area contributed by atoms with Crippen molar-refractivity contribution in [3.63, 3.8) is 0 Å². The molecule has 0 saturated heterocycles. The second-order valence-electron chi connectivity index (χ2n) is 3.65.